The van der Waals surface area contributed by atoms with Crippen LogP contribution in [0, 0.1) is 36.0 Å². The first-order chi connectivity index (χ1) is 7.75. The molecule has 0 aromatic heterocycles. The third-order valence-corrected chi connectivity index (χ3v) is 1.85. The van der Waals surface area contributed by atoms with E-state index in [1.807, 2.05) is 12.1 Å². The Bertz CT molecular complexity index is 556. The van der Waals surface area contributed by atoms with Crippen molar-refractivity contribution in [2.24, 2.45) is 5.73 Å². The van der Waals surface area contributed by atoms with Gasteiger partial charge in [-0.15, -0.1) is 6.42 Å². The number of benzene rings is 1. The van der Waals surface area contributed by atoms with Crippen molar-refractivity contribution in [3.63, 3.8) is 0 Å². The van der Waals surface area contributed by atoms with Crippen molar-refractivity contribution in [1.82, 2.24) is 0 Å². The van der Waals surface area contributed by atoms with E-state index in [0.29, 0.717) is 12.0 Å². The van der Waals surface area contributed by atoms with Gasteiger partial charge in [-0.3, -0.25) is 4.79 Å². The quantitative estimate of drug-likeness (QED) is 0.721. The number of hydrogen-bond acceptors (Lipinski definition) is 1. The van der Waals surface area contributed by atoms with Crippen LogP contribution in [0.5, 0.6) is 0 Å². The molecule has 0 aliphatic rings. The van der Waals surface area contributed by atoms with E-state index in [-0.39, 0.29) is 0 Å². The van der Waals surface area contributed by atoms with Gasteiger partial charge in [0.1, 0.15) is 0 Å². The van der Waals surface area contributed by atoms with Crippen LogP contribution in [0.3, 0.4) is 0 Å². The second kappa shape index (κ2) is 5.97. The summed E-state index contributed by atoms with van der Waals surface area (Å²) in [7, 11) is 0. The highest BCUT2D eigenvalue weighted by Gasteiger charge is 2.04. The van der Waals surface area contributed by atoms with Crippen LogP contribution < -0.4 is 5.73 Å². The van der Waals surface area contributed by atoms with Crippen LogP contribution in [0.4, 0.5) is 0 Å². The Kier molecular flexibility index (Phi) is 4.27. The van der Waals surface area contributed by atoms with Gasteiger partial charge in [-0.2, -0.15) is 0 Å². The fourth-order valence-corrected chi connectivity index (χ4v) is 1.17. The van der Waals surface area contributed by atoms with Gasteiger partial charge in [0, 0.05) is 12.0 Å². The summed E-state index contributed by atoms with van der Waals surface area (Å²) >= 11 is 0. The first kappa shape index (κ1) is 11.4. The highest BCUT2D eigenvalue weighted by Crippen LogP contribution is 2.07. The van der Waals surface area contributed by atoms with Crippen LogP contribution in [-0.4, -0.2) is 5.91 Å². The molecule has 1 aromatic rings. The molecular formula is C14H9NO. The van der Waals surface area contributed by atoms with E-state index in [2.05, 4.69) is 29.6 Å². The number of rotatable bonds is 2. The Morgan fingerprint density at radius 3 is 2.69 bits per heavy atom. The van der Waals surface area contributed by atoms with Crippen molar-refractivity contribution >= 4 is 5.91 Å². The monoisotopic (exact) mass is 207 g/mol. The minimum Gasteiger partial charge on any atom is -0.366 e. The Labute approximate surface area is 94.9 Å². The summed E-state index contributed by atoms with van der Waals surface area (Å²) < 4.78 is 0. The fraction of sp³-hybridized carbons (Fsp3) is 0.0714. The highest BCUT2D eigenvalue weighted by atomic mass is 16.1. The number of hydrogen-bond donors (Lipinski definition) is 1. The summed E-state index contributed by atoms with van der Waals surface area (Å²) in [6, 6.07) is 7.07. The van der Waals surface area contributed by atoms with Gasteiger partial charge >= 0.3 is 0 Å². The molecule has 0 aliphatic heterocycles. The molecule has 0 bridgehead atoms. The smallest absolute Gasteiger partial charge is 0.249 e. The summed E-state index contributed by atoms with van der Waals surface area (Å²) in [5, 5.41) is 0. The first-order valence-corrected chi connectivity index (χ1v) is 4.57. The summed E-state index contributed by atoms with van der Waals surface area (Å²) in [6.07, 6.45) is 5.36. The highest BCUT2D eigenvalue weighted by molar-refractivity contribution is 5.94. The predicted molar refractivity (Wildman–Crippen MR) is 63.0 cm³/mol. The Morgan fingerprint density at radius 1 is 1.25 bits per heavy atom. The van der Waals surface area contributed by atoms with Gasteiger partial charge in [0.15, 0.2) is 0 Å². The number of primary amides is 1. The topological polar surface area (TPSA) is 43.1 Å². The molecule has 2 heteroatoms. The minimum absolute atomic E-state index is 0.429. The van der Waals surface area contributed by atoms with E-state index in [9.17, 15) is 4.79 Å². The lowest BCUT2D eigenvalue weighted by atomic mass is 10.0. The lowest BCUT2D eigenvalue weighted by Crippen LogP contribution is -2.13. The molecular weight excluding hydrogens is 198 g/mol. The van der Waals surface area contributed by atoms with E-state index in [0.717, 1.165) is 5.56 Å². The zero-order valence-electron chi connectivity index (χ0n) is 8.58. The molecule has 2 nitrogen and oxygen atoms in total. The lowest BCUT2D eigenvalue weighted by Gasteiger charge is -2.01. The molecule has 0 fully saturated rings. The van der Waals surface area contributed by atoms with Crippen LogP contribution >= 0.6 is 0 Å². The third kappa shape index (κ3) is 3.26. The summed E-state index contributed by atoms with van der Waals surface area (Å²) in [6.45, 7) is 0. The summed E-state index contributed by atoms with van der Waals surface area (Å²) in [5.41, 5.74) is 6.51. The molecule has 0 saturated carbocycles. The fourth-order valence-electron chi connectivity index (χ4n) is 1.17. The largest absolute Gasteiger partial charge is 0.366 e. The van der Waals surface area contributed by atoms with Crippen molar-refractivity contribution in [3.05, 3.63) is 35.4 Å². The normalized spacial score (nSPS) is 7.69. The van der Waals surface area contributed by atoms with Crippen molar-refractivity contribution in [3.8, 4) is 36.0 Å². The minimum atomic E-state index is -0.452. The van der Waals surface area contributed by atoms with E-state index in [4.69, 9.17) is 12.2 Å². The van der Waals surface area contributed by atoms with Gasteiger partial charge in [-0.1, -0.05) is 24.1 Å². The second-order valence-electron chi connectivity index (χ2n) is 2.89. The van der Waals surface area contributed by atoms with E-state index < -0.39 is 5.91 Å². The predicted octanol–water partition coefficient (Wildman–Crippen LogP) is 0.968. The van der Waals surface area contributed by atoms with Crippen molar-refractivity contribution in [2.75, 3.05) is 0 Å². The van der Waals surface area contributed by atoms with Gasteiger partial charge < -0.3 is 5.73 Å². The van der Waals surface area contributed by atoms with Crippen LogP contribution in [0.1, 0.15) is 15.9 Å². The van der Waals surface area contributed by atoms with Crippen LogP contribution in [-0.2, 0) is 6.42 Å². The maximum atomic E-state index is 11.1. The van der Waals surface area contributed by atoms with Gasteiger partial charge in [0.05, 0.1) is 0 Å². The average Bonchev–Trinajstić information content (AvgIpc) is 2.29. The molecule has 1 rings (SSSR count). The van der Waals surface area contributed by atoms with Crippen LogP contribution in [0.2, 0.25) is 0 Å². The van der Waals surface area contributed by atoms with Crippen molar-refractivity contribution in [1.29, 1.82) is 0 Å². The molecule has 0 unspecified atom stereocenters. The summed E-state index contributed by atoms with van der Waals surface area (Å²) in [5.74, 6) is 12.0. The zero-order chi connectivity index (χ0) is 11.8. The molecule has 0 atom stereocenters. The zero-order valence-corrected chi connectivity index (χ0v) is 8.58. The van der Waals surface area contributed by atoms with E-state index in [1.54, 1.807) is 12.1 Å². The summed E-state index contributed by atoms with van der Waals surface area (Å²) in [4.78, 5) is 11.1. The molecule has 76 valence electrons. The van der Waals surface area contributed by atoms with Gasteiger partial charge in [0.2, 0.25) is 5.91 Å². The van der Waals surface area contributed by atoms with Gasteiger partial charge in [0.25, 0.3) is 0 Å². The van der Waals surface area contributed by atoms with Crippen molar-refractivity contribution < 1.29 is 4.79 Å². The Hall–Kier alpha value is -2.63. The number of terminal acetylenes is 1. The first-order valence-electron chi connectivity index (χ1n) is 4.57. The third-order valence-electron chi connectivity index (χ3n) is 1.85. The van der Waals surface area contributed by atoms with Crippen LogP contribution in [0.15, 0.2) is 24.3 Å². The van der Waals surface area contributed by atoms with E-state index >= 15 is 0 Å². The molecule has 0 heterocycles. The SMILES string of the molecule is C#CC#CC#CCc1ccccc1C(N)=O. The van der Waals surface area contributed by atoms with E-state index in [1.165, 1.54) is 0 Å². The number of carbonyl (C=O) groups excluding carboxylic acids is 1. The lowest BCUT2D eigenvalue weighted by molar-refractivity contribution is 0.0999. The molecule has 2 N–H and O–H groups in total. The molecule has 16 heavy (non-hydrogen) atoms. The number of amides is 1. The maximum absolute atomic E-state index is 11.1. The molecule has 1 aromatic carbocycles. The molecule has 0 radical (unpaired) electrons. The standard InChI is InChI=1S/C14H9NO/c1-2-3-4-5-6-9-12-10-7-8-11-13(12)14(15)16/h1,7-8,10-11H,9H2,(H2,15,16). The molecule has 0 aliphatic carbocycles. The maximum Gasteiger partial charge on any atom is 0.249 e. The van der Waals surface area contributed by atoms with Crippen molar-refractivity contribution in [2.45, 2.75) is 6.42 Å². The average molecular weight is 207 g/mol. The van der Waals surface area contributed by atoms with Crippen LogP contribution in [0.25, 0.3) is 0 Å². The number of nitrogens with two attached hydrogens (primary N) is 1. The Morgan fingerprint density at radius 2 is 2.00 bits per heavy atom. The Balaban J connectivity index is 2.85. The molecule has 0 saturated heterocycles. The van der Waals surface area contributed by atoms with Gasteiger partial charge in [-0.05, 0) is 35.3 Å². The number of carbonyl (C=O) groups is 1. The van der Waals surface area contributed by atoms with Gasteiger partial charge in [-0.25, -0.2) is 0 Å². The second-order valence-corrected chi connectivity index (χ2v) is 2.89. The molecule has 0 spiro atoms. The molecule has 1 amide bonds.